The molecule has 142 valence electrons. The first kappa shape index (κ1) is 20.6. The Labute approximate surface area is 168 Å². The van der Waals surface area contributed by atoms with Gasteiger partial charge in [0.2, 0.25) is 0 Å². The van der Waals surface area contributed by atoms with Gasteiger partial charge in [0.05, 0.1) is 13.9 Å². The lowest BCUT2D eigenvalue weighted by Gasteiger charge is -2.12. The van der Waals surface area contributed by atoms with E-state index >= 15 is 0 Å². The minimum Gasteiger partial charge on any atom is -0.481 e. The highest BCUT2D eigenvalue weighted by Crippen LogP contribution is 2.34. The van der Waals surface area contributed by atoms with Gasteiger partial charge in [0, 0.05) is 17.8 Å². The number of halogens is 3. The molecule has 2 rings (SSSR count). The first-order valence-electron chi connectivity index (χ1n) is 7.14. The molecule has 0 aliphatic heterocycles. The van der Waals surface area contributed by atoms with E-state index in [9.17, 15) is 24.1 Å². The molecule has 3 amide bonds. The zero-order chi connectivity index (χ0) is 20.0. The Hall–Kier alpha value is -2.73. The molecule has 0 radical (unpaired) electrons. The number of benzene rings is 2. The number of hydrogen-bond donors (Lipinski definition) is 3. The smallest absolute Gasteiger partial charge is 0.337 e. The number of hydrazine groups is 1. The van der Waals surface area contributed by atoms with E-state index in [1.807, 2.05) is 0 Å². The fourth-order valence-electron chi connectivity index (χ4n) is 1.83. The molecule has 3 N–H and O–H groups in total. The lowest BCUT2D eigenvalue weighted by atomic mass is 10.3. The number of non-ortho nitro benzene ring substituents is 1. The van der Waals surface area contributed by atoms with Crippen molar-refractivity contribution in [3.8, 4) is 5.75 Å². The number of anilines is 1. The maximum atomic E-state index is 13.2. The molecular formula is C15H11Br2FN4O5. The largest absolute Gasteiger partial charge is 0.481 e. The maximum Gasteiger partial charge on any atom is 0.337 e. The van der Waals surface area contributed by atoms with Crippen LogP contribution in [0, 0.1) is 15.9 Å². The van der Waals surface area contributed by atoms with E-state index in [0.29, 0.717) is 8.95 Å². The highest BCUT2D eigenvalue weighted by molar-refractivity contribution is 9.11. The summed E-state index contributed by atoms with van der Waals surface area (Å²) < 4.78 is 19.0. The Balaban J connectivity index is 1.82. The van der Waals surface area contributed by atoms with Crippen molar-refractivity contribution in [2.75, 3.05) is 11.9 Å². The van der Waals surface area contributed by atoms with Crippen molar-refractivity contribution in [3.63, 3.8) is 0 Å². The van der Waals surface area contributed by atoms with Crippen molar-refractivity contribution in [1.29, 1.82) is 0 Å². The molecule has 0 saturated carbocycles. The predicted molar refractivity (Wildman–Crippen MR) is 101 cm³/mol. The summed E-state index contributed by atoms with van der Waals surface area (Å²) in [7, 11) is 0. The number of carbonyl (C=O) groups is 2. The fourth-order valence-corrected chi connectivity index (χ4v) is 3.19. The number of urea groups is 1. The Bertz CT molecular complexity index is 873. The molecule has 0 heterocycles. The van der Waals surface area contributed by atoms with Gasteiger partial charge in [-0.1, -0.05) is 6.07 Å². The summed E-state index contributed by atoms with van der Waals surface area (Å²) in [6.07, 6.45) is 0. The van der Waals surface area contributed by atoms with Gasteiger partial charge in [0.25, 0.3) is 11.6 Å². The number of hydrogen-bond acceptors (Lipinski definition) is 5. The molecule has 12 heteroatoms. The molecule has 9 nitrogen and oxygen atoms in total. The van der Waals surface area contributed by atoms with Crippen LogP contribution in [0.15, 0.2) is 45.3 Å². The topological polar surface area (TPSA) is 123 Å². The quantitative estimate of drug-likeness (QED) is 0.424. The second-order valence-corrected chi connectivity index (χ2v) is 6.63. The van der Waals surface area contributed by atoms with Crippen molar-refractivity contribution in [1.82, 2.24) is 10.9 Å². The zero-order valence-electron chi connectivity index (χ0n) is 13.3. The van der Waals surface area contributed by atoms with Gasteiger partial charge in [0.15, 0.2) is 6.61 Å². The van der Waals surface area contributed by atoms with Crippen LogP contribution in [-0.4, -0.2) is 23.5 Å². The number of carbonyl (C=O) groups excluding carboxylic acids is 2. The monoisotopic (exact) mass is 504 g/mol. The van der Waals surface area contributed by atoms with Crippen molar-refractivity contribution in [2.24, 2.45) is 0 Å². The van der Waals surface area contributed by atoms with E-state index in [0.717, 1.165) is 6.07 Å². The van der Waals surface area contributed by atoms with Crippen molar-refractivity contribution < 1.29 is 23.6 Å². The third kappa shape index (κ3) is 6.18. The standard InChI is InChI=1S/C15H11Br2FN4O5/c16-11-4-8(18)5-12(17)14(11)27-7-13(23)20-21-15(24)19-9-2-1-3-10(6-9)22(25)26/h1-6H,7H2,(H,20,23)(H2,19,21,24). The van der Waals surface area contributed by atoms with E-state index < -0.39 is 29.3 Å². The molecule has 0 fully saturated rings. The van der Waals surface area contributed by atoms with Gasteiger partial charge >= 0.3 is 6.03 Å². The Morgan fingerprint density at radius 3 is 2.44 bits per heavy atom. The summed E-state index contributed by atoms with van der Waals surface area (Å²) >= 11 is 6.22. The van der Waals surface area contributed by atoms with Crippen molar-refractivity contribution in [2.45, 2.75) is 0 Å². The summed E-state index contributed by atoms with van der Waals surface area (Å²) in [6.45, 7) is -0.458. The molecule has 0 saturated heterocycles. The summed E-state index contributed by atoms with van der Waals surface area (Å²) in [5, 5.41) is 13.0. The number of nitro benzene ring substituents is 1. The highest BCUT2D eigenvalue weighted by atomic mass is 79.9. The molecule has 27 heavy (non-hydrogen) atoms. The van der Waals surface area contributed by atoms with E-state index in [1.165, 1.54) is 30.3 Å². The molecule has 2 aromatic rings. The number of nitro groups is 1. The van der Waals surface area contributed by atoms with E-state index in [1.54, 1.807) is 0 Å². The number of ether oxygens (including phenoxy) is 1. The molecule has 0 atom stereocenters. The van der Waals surface area contributed by atoms with Crippen LogP contribution in [0.5, 0.6) is 5.75 Å². The van der Waals surface area contributed by atoms with Gasteiger partial charge in [-0.25, -0.2) is 14.6 Å². The number of nitrogens with zero attached hydrogens (tertiary/aromatic N) is 1. The highest BCUT2D eigenvalue weighted by Gasteiger charge is 2.12. The maximum absolute atomic E-state index is 13.2. The Kier molecular flexibility index (Phi) is 7.07. The van der Waals surface area contributed by atoms with Crippen LogP contribution in [0.1, 0.15) is 0 Å². The van der Waals surface area contributed by atoms with Crippen molar-refractivity contribution >= 4 is 55.2 Å². The molecule has 0 aromatic heterocycles. The first-order chi connectivity index (χ1) is 12.8. The average molecular weight is 506 g/mol. The second-order valence-electron chi connectivity index (χ2n) is 4.92. The molecule has 0 aliphatic rings. The third-order valence-electron chi connectivity index (χ3n) is 2.94. The van der Waals surface area contributed by atoms with Gasteiger partial charge in [-0.15, -0.1) is 0 Å². The molecule has 0 unspecified atom stereocenters. The number of nitrogens with one attached hydrogen (secondary N) is 3. The van der Waals surface area contributed by atoms with Crippen LogP contribution in [0.3, 0.4) is 0 Å². The Morgan fingerprint density at radius 2 is 1.81 bits per heavy atom. The van der Waals surface area contributed by atoms with Gasteiger partial charge in [-0.2, -0.15) is 0 Å². The predicted octanol–water partition coefficient (Wildman–Crippen LogP) is 3.49. The summed E-state index contributed by atoms with van der Waals surface area (Å²) in [4.78, 5) is 33.5. The van der Waals surface area contributed by atoms with E-state index in [2.05, 4.69) is 48.0 Å². The van der Waals surface area contributed by atoms with Crippen LogP contribution < -0.4 is 20.9 Å². The zero-order valence-corrected chi connectivity index (χ0v) is 16.5. The molecular weight excluding hydrogens is 495 g/mol. The average Bonchev–Trinajstić information content (AvgIpc) is 2.59. The normalized spacial score (nSPS) is 10.0. The minimum atomic E-state index is -0.812. The van der Waals surface area contributed by atoms with Gasteiger partial charge in [-0.3, -0.25) is 20.3 Å². The minimum absolute atomic E-state index is 0.173. The van der Waals surface area contributed by atoms with Crippen LogP contribution in [0.25, 0.3) is 0 Å². The Morgan fingerprint density at radius 1 is 1.15 bits per heavy atom. The molecule has 0 aliphatic carbocycles. The van der Waals surface area contributed by atoms with Gasteiger partial charge in [-0.05, 0) is 50.1 Å². The van der Waals surface area contributed by atoms with Gasteiger partial charge in [0.1, 0.15) is 11.6 Å². The summed E-state index contributed by atoms with van der Waals surface area (Å²) in [5.41, 5.74) is 4.15. The number of rotatable bonds is 5. The molecule has 0 spiro atoms. The summed E-state index contributed by atoms with van der Waals surface area (Å²) in [6, 6.07) is 6.81. The summed E-state index contributed by atoms with van der Waals surface area (Å²) in [5.74, 6) is -0.968. The molecule has 2 aromatic carbocycles. The number of amides is 3. The van der Waals surface area contributed by atoms with E-state index in [-0.39, 0.29) is 17.1 Å². The second kappa shape index (κ2) is 9.28. The van der Waals surface area contributed by atoms with Crippen LogP contribution in [-0.2, 0) is 4.79 Å². The lowest BCUT2D eigenvalue weighted by Crippen LogP contribution is -2.45. The SMILES string of the molecule is O=C(COc1c(Br)cc(F)cc1Br)NNC(=O)Nc1cccc([N+](=O)[O-])c1. The van der Waals surface area contributed by atoms with Gasteiger partial charge < -0.3 is 10.1 Å². The van der Waals surface area contributed by atoms with Crippen LogP contribution >= 0.6 is 31.9 Å². The van der Waals surface area contributed by atoms with Crippen LogP contribution in [0.4, 0.5) is 20.6 Å². The lowest BCUT2D eigenvalue weighted by molar-refractivity contribution is -0.384. The van der Waals surface area contributed by atoms with Crippen LogP contribution in [0.2, 0.25) is 0 Å². The molecule has 0 bridgehead atoms. The van der Waals surface area contributed by atoms with Crippen molar-refractivity contribution in [3.05, 3.63) is 61.3 Å². The third-order valence-corrected chi connectivity index (χ3v) is 4.12. The fraction of sp³-hybridized carbons (Fsp3) is 0.0667. The first-order valence-corrected chi connectivity index (χ1v) is 8.72. The van der Waals surface area contributed by atoms with E-state index in [4.69, 9.17) is 4.74 Å².